The van der Waals surface area contributed by atoms with Gasteiger partial charge in [0, 0.05) is 12.1 Å². The van der Waals surface area contributed by atoms with Crippen molar-refractivity contribution >= 4 is 35.2 Å². The van der Waals surface area contributed by atoms with E-state index in [4.69, 9.17) is 17.0 Å². The van der Waals surface area contributed by atoms with E-state index in [1.165, 1.54) is 11.0 Å². The molecule has 21 heavy (non-hydrogen) atoms. The molecule has 1 aromatic rings. The van der Waals surface area contributed by atoms with Crippen LogP contribution in [0.2, 0.25) is 0 Å². The first-order chi connectivity index (χ1) is 10.1. The molecule has 5 nitrogen and oxygen atoms in total. The fourth-order valence-corrected chi connectivity index (χ4v) is 2.33. The Morgan fingerprint density at radius 2 is 2.00 bits per heavy atom. The summed E-state index contributed by atoms with van der Waals surface area (Å²) >= 11 is 4.99. The molecule has 1 aliphatic rings. The molecule has 0 unspecified atom stereocenters. The Morgan fingerprint density at radius 1 is 1.29 bits per heavy atom. The van der Waals surface area contributed by atoms with E-state index in [9.17, 15) is 9.59 Å². The molecule has 0 saturated carbocycles. The summed E-state index contributed by atoms with van der Waals surface area (Å²) in [6.07, 6.45) is 1.53. The third kappa shape index (κ3) is 3.11. The second kappa shape index (κ2) is 6.49. The largest absolute Gasteiger partial charge is 0.493 e. The van der Waals surface area contributed by atoms with Gasteiger partial charge in [-0.05, 0) is 38.2 Å². The topological polar surface area (TPSA) is 58.6 Å². The monoisotopic (exact) mass is 304 g/mol. The second-order valence-corrected chi connectivity index (χ2v) is 4.72. The lowest BCUT2D eigenvalue weighted by Crippen LogP contribution is -2.53. The van der Waals surface area contributed by atoms with Gasteiger partial charge in [0.1, 0.15) is 11.3 Å². The highest BCUT2D eigenvalue weighted by atomic mass is 32.1. The molecule has 1 heterocycles. The zero-order valence-corrected chi connectivity index (χ0v) is 12.7. The number of carbonyl (C=O) groups is 2. The number of para-hydroxylation sites is 1. The minimum Gasteiger partial charge on any atom is -0.493 e. The molecule has 0 radical (unpaired) electrons. The van der Waals surface area contributed by atoms with Crippen molar-refractivity contribution in [2.75, 3.05) is 13.2 Å². The molecule has 1 aromatic carbocycles. The summed E-state index contributed by atoms with van der Waals surface area (Å²) < 4.78 is 5.50. The Labute approximate surface area is 128 Å². The van der Waals surface area contributed by atoms with Crippen molar-refractivity contribution in [3.63, 3.8) is 0 Å². The van der Waals surface area contributed by atoms with Crippen LogP contribution < -0.4 is 10.1 Å². The van der Waals surface area contributed by atoms with Gasteiger partial charge in [-0.25, -0.2) is 0 Å². The summed E-state index contributed by atoms with van der Waals surface area (Å²) in [4.78, 5) is 25.7. The van der Waals surface area contributed by atoms with E-state index < -0.39 is 11.8 Å². The van der Waals surface area contributed by atoms with Gasteiger partial charge in [0.25, 0.3) is 11.8 Å². The number of carbonyl (C=O) groups excluding carboxylic acids is 2. The van der Waals surface area contributed by atoms with Gasteiger partial charge in [0.05, 0.1) is 6.61 Å². The molecule has 0 aliphatic carbocycles. The average Bonchev–Trinajstić information content (AvgIpc) is 2.45. The highest BCUT2D eigenvalue weighted by Crippen LogP contribution is 2.22. The summed E-state index contributed by atoms with van der Waals surface area (Å²) in [7, 11) is 0. The molecule has 1 aliphatic heterocycles. The number of likely N-dealkylation sites (N-methyl/N-ethyl adjacent to an activating group) is 1. The number of hydrogen-bond donors (Lipinski definition) is 1. The molecule has 2 amide bonds. The first-order valence-corrected chi connectivity index (χ1v) is 7.10. The summed E-state index contributed by atoms with van der Waals surface area (Å²) in [6, 6.07) is 7.25. The normalized spacial score (nSPS) is 17.1. The third-order valence-electron chi connectivity index (χ3n) is 3.02. The predicted molar refractivity (Wildman–Crippen MR) is 83.7 cm³/mol. The molecule has 1 saturated heterocycles. The van der Waals surface area contributed by atoms with Crippen LogP contribution in [0.25, 0.3) is 6.08 Å². The number of amides is 2. The minimum atomic E-state index is -0.485. The molecule has 110 valence electrons. The van der Waals surface area contributed by atoms with Crippen molar-refractivity contribution < 1.29 is 14.3 Å². The van der Waals surface area contributed by atoms with Gasteiger partial charge in [-0.1, -0.05) is 18.2 Å². The number of ether oxygens (including phenoxy) is 1. The molecule has 0 bridgehead atoms. The zero-order valence-electron chi connectivity index (χ0n) is 11.9. The maximum atomic E-state index is 12.3. The first kappa shape index (κ1) is 15.2. The smallest absolute Gasteiger partial charge is 0.265 e. The molecule has 0 atom stereocenters. The van der Waals surface area contributed by atoms with E-state index in [-0.39, 0.29) is 10.7 Å². The van der Waals surface area contributed by atoms with Crippen LogP contribution in [0.3, 0.4) is 0 Å². The van der Waals surface area contributed by atoms with E-state index in [1.54, 1.807) is 19.1 Å². The van der Waals surface area contributed by atoms with Crippen LogP contribution in [-0.2, 0) is 9.59 Å². The van der Waals surface area contributed by atoms with E-state index in [0.29, 0.717) is 24.5 Å². The number of nitrogens with one attached hydrogen (secondary N) is 1. The summed E-state index contributed by atoms with van der Waals surface area (Å²) in [6.45, 7) is 4.58. The molecular formula is C15H16N2O3S. The Hall–Kier alpha value is -2.21. The summed E-state index contributed by atoms with van der Waals surface area (Å²) in [5.41, 5.74) is 0.735. The molecule has 1 N–H and O–H groups in total. The Morgan fingerprint density at radius 3 is 2.67 bits per heavy atom. The lowest BCUT2D eigenvalue weighted by molar-refractivity contribution is -0.128. The van der Waals surface area contributed by atoms with E-state index >= 15 is 0 Å². The van der Waals surface area contributed by atoms with Crippen molar-refractivity contribution in [1.29, 1.82) is 0 Å². The van der Waals surface area contributed by atoms with E-state index in [2.05, 4.69) is 5.32 Å². The van der Waals surface area contributed by atoms with Gasteiger partial charge in [-0.3, -0.25) is 19.8 Å². The van der Waals surface area contributed by atoms with Crippen molar-refractivity contribution in [3.8, 4) is 5.75 Å². The third-order valence-corrected chi connectivity index (χ3v) is 3.34. The van der Waals surface area contributed by atoms with Gasteiger partial charge >= 0.3 is 0 Å². The van der Waals surface area contributed by atoms with Crippen molar-refractivity contribution in [2.24, 2.45) is 0 Å². The molecule has 1 fully saturated rings. The average molecular weight is 304 g/mol. The standard InChI is InChI=1S/C15H16N2O3S/c1-3-17-14(19)11(13(18)16-15(17)21)9-10-7-5-6-8-12(10)20-4-2/h5-9H,3-4H2,1-2H3,(H,16,18,21)/b11-9+. The lowest BCUT2D eigenvalue weighted by atomic mass is 10.1. The predicted octanol–water partition coefficient (Wildman–Crippen LogP) is 1.73. The first-order valence-electron chi connectivity index (χ1n) is 6.69. The Balaban J connectivity index is 2.42. The lowest BCUT2D eigenvalue weighted by Gasteiger charge is -2.27. The SMILES string of the molecule is CCOc1ccccc1/C=C1\C(=O)NC(=S)N(CC)C1=O. The van der Waals surface area contributed by atoms with Gasteiger partial charge in [0.15, 0.2) is 5.11 Å². The maximum absolute atomic E-state index is 12.3. The quantitative estimate of drug-likeness (QED) is 0.523. The van der Waals surface area contributed by atoms with Crippen LogP contribution in [0.4, 0.5) is 0 Å². The van der Waals surface area contributed by atoms with Crippen LogP contribution in [0.15, 0.2) is 29.8 Å². The number of hydrogen-bond acceptors (Lipinski definition) is 4. The molecule has 0 aromatic heterocycles. The number of nitrogens with zero attached hydrogens (tertiary/aromatic N) is 1. The molecule has 2 rings (SSSR count). The number of rotatable bonds is 4. The Kier molecular flexibility index (Phi) is 4.70. The van der Waals surface area contributed by atoms with E-state index in [0.717, 1.165) is 0 Å². The maximum Gasteiger partial charge on any atom is 0.265 e. The van der Waals surface area contributed by atoms with Gasteiger partial charge in [-0.2, -0.15) is 0 Å². The van der Waals surface area contributed by atoms with Crippen molar-refractivity contribution in [3.05, 3.63) is 35.4 Å². The molecule has 0 spiro atoms. The minimum absolute atomic E-state index is 0.0533. The summed E-state index contributed by atoms with van der Waals surface area (Å²) in [5.74, 6) is -0.247. The highest BCUT2D eigenvalue weighted by molar-refractivity contribution is 7.80. The van der Waals surface area contributed by atoms with Crippen molar-refractivity contribution in [2.45, 2.75) is 13.8 Å². The number of thiocarbonyl (C=S) groups is 1. The van der Waals surface area contributed by atoms with Crippen molar-refractivity contribution in [1.82, 2.24) is 10.2 Å². The van der Waals surface area contributed by atoms with Crippen LogP contribution in [0.5, 0.6) is 5.75 Å². The highest BCUT2D eigenvalue weighted by Gasteiger charge is 2.32. The fourth-order valence-electron chi connectivity index (χ4n) is 2.02. The van der Waals surface area contributed by atoms with Crippen LogP contribution >= 0.6 is 12.2 Å². The molecular weight excluding hydrogens is 288 g/mol. The zero-order chi connectivity index (χ0) is 15.4. The van der Waals surface area contributed by atoms with E-state index in [1.807, 2.05) is 19.1 Å². The van der Waals surface area contributed by atoms with Gasteiger partial charge in [0.2, 0.25) is 0 Å². The molecule has 6 heteroatoms. The summed E-state index contributed by atoms with van der Waals surface area (Å²) in [5, 5.41) is 2.66. The second-order valence-electron chi connectivity index (χ2n) is 4.34. The Bertz CT molecular complexity index is 625. The van der Waals surface area contributed by atoms with Gasteiger partial charge < -0.3 is 4.74 Å². The van der Waals surface area contributed by atoms with Crippen LogP contribution in [0.1, 0.15) is 19.4 Å². The van der Waals surface area contributed by atoms with Gasteiger partial charge in [-0.15, -0.1) is 0 Å². The van der Waals surface area contributed by atoms with Crippen LogP contribution in [-0.4, -0.2) is 35.0 Å². The fraction of sp³-hybridized carbons (Fsp3) is 0.267. The number of benzene rings is 1. The van der Waals surface area contributed by atoms with Crippen LogP contribution in [0, 0.1) is 0 Å².